The van der Waals surface area contributed by atoms with Gasteiger partial charge in [-0.3, -0.25) is 4.79 Å². The highest BCUT2D eigenvalue weighted by Crippen LogP contribution is 2.24. The molecule has 0 aliphatic rings. The Bertz CT molecular complexity index is 479. The molecular formula is C11H9NO2S. The Labute approximate surface area is 91.5 Å². The lowest BCUT2D eigenvalue weighted by Crippen LogP contribution is -1.83. The summed E-state index contributed by atoms with van der Waals surface area (Å²) in [7, 11) is 1.62. The zero-order valence-corrected chi connectivity index (χ0v) is 8.95. The summed E-state index contributed by atoms with van der Waals surface area (Å²) in [6, 6.07) is 9.37. The lowest BCUT2D eigenvalue weighted by molar-refractivity contribution is 0.112. The van der Waals surface area contributed by atoms with E-state index in [4.69, 9.17) is 4.74 Å². The number of hydrogen-bond acceptors (Lipinski definition) is 4. The minimum atomic E-state index is 0.632. The maximum atomic E-state index is 10.5. The summed E-state index contributed by atoms with van der Waals surface area (Å²) < 4.78 is 9.30. The van der Waals surface area contributed by atoms with E-state index in [-0.39, 0.29) is 0 Å². The van der Waals surface area contributed by atoms with E-state index in [2.05, 4.69) is 4.37 Å². The van der Waals surface area contributed by atoms with Crippen molar-refractivity contribution in [2.75, 3.05) is 7.11 Å². The molecule has 0 atom stereocenters. The van der Waals surface area contributed by atoms with Gasteiger partial charge in [-0.25, -0.2) is 0 Å². The van der Waals surface area contributed by atoms with E-state index in [0.29, 0.717) is 4.88 Å². The van der Waals surface area contributed by atoms with Gasteiger partial charge in [-0.1, -0.05) is 12.1 Å². The van der Waals surface area contributed by atoms with E-state index < -0.39 is 0 Å². The minimum Gasteiger partial charge on any atom is -0.497 e. The summed E-state index contributed by atoms with van der Waals surface area (Å²) in [6.07, 6.45) is 0.807. The molecule has 1 aromatic heterocycles. The SMILES string of the molecule is COc1cccc(-c2cc(C=O)sn2)c1. The Morgan fingerprint density at radius 1 is 1.40 bits per heavy atom. The van der Waals surface area contributed by atoms with E-state index in [1.54, 1.807) is 13.2 Å². The predicted molar refractivity (Wildman–Crippen MR) is 59.5 cm³/mol. The van der Waals surface area contributed by atoms with E-state index in [1.165, 1.54) is 11.5 Å². The van der Waals surface area contributed by atoms with E-state index in [9.17, 15) is 4.79 Å². The third-order valence-corrected chi connectivity index (χ3v) is 2.72. The number of aromatic nitrogens is 1. The number of nitrogens with zero attached hydrogens (tertiary/aromatic N) is 1. The van der Waals surface area contributed by atoms with Crippen LogP contribution in [-0.2, 0) is 0 Å². The average Bonchev–Trinajstić information content (AvgIpc) is 2.78. The molecule has 0 unspecified atom stereocenters. The van der Waals surface area contributed by atoms with E-state index in [1.807, 2.05) is 24.3 Å². The number of benzene rings is 1. The van der Waals surface area contributed by atoms with Gasteiger partial charge in [0.1, 0.15) is 5.75 Å². The molecule has 15 heavy (non-hydrogen) atoms. The summed E-state index contributed by atoms with van der Waals surface area (Å²) >= 11 is 1.20. The van der Waals surface area contributed by atoms with Gasteiger partial charge in [-0.05, 0) is 29.7 Å². The maximum Gasteiger partial charge on any atom is 0.161 e. The number of carbonyl (C=O) groups is 1. The molecule has 0 aliphatic carbocycles. The van der Waals surface area contributed by atoms with Crippen molar-refractivity contribution in [1.29, 1.82) is 0 Å². The first kappa shape index (κ1) is 9.86. The number of aldehydes is 1. The van der Waals surface area contributed by atoms with Crippen LogP contribution in [0.5, 0.6) is 5.75 Å². The number of rotatable bonds is 3. The quantitative estimate of drug-likeness (QED) is 0.745. The lowest BCUT2D eigenvalue weighted by atomic mass is 10.1. The third kappa shape index (κ3) is 2.05. The van der Waals surface area contributed by atoms with Crippen molar-refractivity contribution in [3.63, 3.8) is 0 Å². The molecule has 3 nitrogen and oxygen atoms in total. The standard InChI is InChI=1S/C11H9NO2S/c1-14-9-4-2-3-8(5-9)11-6-10(7-13)15-12-11/h2-7H,1H3. The summed E-state index contributed by atoms with van der Waals surface area (Å²) in [5, 5.41) is 0. The van der Waals surface area contributed by atoms with Gasteiger partial charge in [-0.15, -0.1) is 0 Å². The van der Waals surface area contributed by atoms with Crippen LogP contribution in [0, 0.1) is 0 Å². The Morgan fingerprint density at radius 2 is 2.27 bits per heavy atom. The van der Waals surface area contributed by atoms with Gasteiger partial charge >= 0.3 is 0 Å². The fourth-order valence-electron chi connectivity index (χ4n) is 1.26. The summed E-state index contributed by atoms with van der Waals surface area (Å²) in [4.78, 5) is 11.2. The molecule has 2 aromatic rings. The molecule has 0 radical (unpaired) electrons. The average molecular weight is 219 g/mol. The first-order chi connectivity index (χ1) is 7.33. The zero-order valence-electron chi connectivity index (χ0n) is 8.14. The summed E-state index contributed by atoms with van der Waals surface area (Å²) in [6.45, 7) is 0. The Morgan fingerprint density at radius 3 is 2.93 bits per heavy atom. The van der Waals surface area contributed by atoms with Crippen LogP contribution in [0.25, 0.3) is 11.3 Å². The fraction of sp³-hybridized carbons (Fsp3) is 0.0909. The molecule has 0 saturated carbocycles. The second-order valence-electron chi connectivity index (χ2n) is 2.96. The van der Waals surface area contributed by atoms with Crippen LogP contribution in [0.2, 0.25) is 0 Å². The zero-order chi connectivity index (χ0) is 10.7. The molecule has 1 heterocycles. The molecule has 0 fully saturated rings. The van der Waals surface area contributed by atoms with E-state index >= 15 is 0 Å². The first-order valence-corrected chi connectivity index (χ1v) is 5.17. The number of carbonyl (C=O) groups excluding carboxylic acids is 1. The van der Waals surface area contributed by atoms with Gasteiger partial charge in [0.15, 0.2) is 6.29 Å². The number of methoxy groups -OCH3 is 1. The monoisotopic (exact) mass is 219 g/mol. The van der Waals surface area contributed by atoms with Gasteiger partial charge in [-0.2, -0.15) is 4.37 Å². The largest absolute Gasteiger partial charge is 0.497 e. The second kappa shape index (κ2) is 4.23. The molecule has 0 N–H and O–H groups in total. The van der Waals surface area contributed by atoms with Gasteiger partial charge in [0, 0.05) is 5.56 Å². The van der Waals surface area contributed by atoms with Crippen LogP contribution in [0.3, 0.4) is 0 Å². The second-order valence-corrected chi connectivity index (χ2v) is 3.80. The predicted octanol–water partition coefficient (Wildman–Crippen LogP) is 2.63. The van der Waals surface area contributed by atoms with Crippen LogP contribution < -0.4 is 4.74 Å². The normalized spacial score (nSPS) is 9.93. The summed E-state index contributed by atoms with van der Waals surface area (Å²) in [5.74, 6) is 0.785. The van der Waals surface area contributed by atoms with Gasteiger partial charge in [0.05, 0.1) is 17.7 Å². The highest BCUT2D eigenvalue weighted by atomic mass is 32.1. The Balaban J connectivity index is 2.39. The lowest BCUT2D eigenvalue weighted by Gasteiger charge is -2.00. The van der Waals surface area contributed by atoms with Crippen molar-refractivity contribution in [1.82, 2.24) is 4.37 Å². The summed E-state index contributed by atoms with van der Waals surface area (Å²) in [5.41, 5.74) is 1.76. The van der Waals surface area contributed by atoms with Gasteiger partial charge < -0.3 is 4.74 Å². The Kier molecular flexibility index (Phi) is 2.78. The molecule has 2 rings (SSSR count). The van der Waals surface area contributed by atoms with Crippen molar-refractivity contribution in [3.8, 4) is 17.0 Å². The molecule has 0 spiro atoms. The molecular weight excluding hydrogens is 210 g/mol. The van der Waals surface area contributed by atoms with Crippen LogP contribution in [-0.4, -0.2) is 17.8 Å². The molecule has 76 valence electrons. The van der Waals surface area contributed by atoms with Crippen molar-refractivity contribution in [3.05, 3.63) is 35.2 Å². The molecule has 0 saturated heterocycles. The van der Waals surface area contributed by atoms with Crippen molar-refractivity contribution >= 4 is 17.8 Å². The van der Waals surface area contributed by atoms with Crippen molar-refractivity contribution in [2.24, 2.45) is 0 Å². The van der Waals surface area contributed by atoms with E-state index in [0.717, 1.165) is 23.3 Å². The first-order valence-electron chi connectivity index (χ1n) is 4.40. The van der Waals surface area contributed by atoms with Gasteiger partial charge in [0.25, 0.3) is 0 Å². The molecule has 4 heteroatoms. The molecule has 1 aromatic carbocycles. The fourth-order valence-corrected chi connectivity index (χ4v) is 1.83. The number of hydrogen-bond donors (Lipinski definition) is 0. The van der Waals surface area contributed by atoms with Crippen LogP contribution >= 0.6 is 11.5 Å². The Hall–Kier alpha value is -1.68. The highest BCUT2D eigenvalue weighted by Gasteiger charge is 2.04. The van der Waals surface area contributed by atoms with Crippen molar-refractivity contribution in [2.45, 2.75) is 0 Å². The highest BCUT2D eigenvalue weighted by molar-refractivity contribution is 7.07. The number of ether oxygens (including phenoxy) is 1. The molecule has 0 bridgehead atoms. The third-order valence-electron chi connectivity index (χ3n) is 2.01. The van der Waals surface area contributed by atoms with Crippen LogP contribution in [0.4, 0.5) is 0 Å². The van der Waals surface area contributed by atoms with Crippen LogP contribution in [0.15, 0.2) is 30.3 Å². The topological polar surface area (TPSA) is 39.2 Å². The smallest absolute Gasteiger partial charge is 0.161 e. The molecule has 0 aliphatic heterocycles. The van der Waals surface area contributed by atoms with Crippen molar-refractivity contribution < 1.29 is 9.53 Å². The minimum absolute atomic E-state index is 0.632. The van der Waals surface area contributed by atoms with Crippen LogP contribution in [0.1, 0.15) is 9.67 Å². The maximum absolute atomic E-state index is 10.5. The van der Waals surface area contributed by atoms with Gasteiger partial charge in [0.2, 0.25) is 0 Å². The molecule has 0 amide bonds.